The highest BCUT2D eigenvalue weighted by Gasteiger charge is 2.17. The van der Waals surface area contributed by atoms with E-state index in [4.69, 9.17) is 19.9 Å². The summed E-state index contributed by atoms with van der Waals surface area (Å²) in [5.41, 5.74) is 9.12. The van der Waals surface area contributed by atoms with Gasteiger partial charge in [0.05, 0.1) is 7.11 Å². The van der Waals surface area contributed by atoms with Gasteiger partial charge in [0.1, 0.15) is 5.75 Å². The van der Waals surface area contributed by atoms with Crippen molar-refractivity contribution in [1.29, 1.82) is 0 Å². The van der Waals surface area contributed by atoms with Crippen LogP contribution < -0.4 is 19.9 Å². The molecule has 0 spiro atoms. The minimum Gasteiger partial charge on any atom is -0.497 e. The zero-order valence-electron chi connectivity index (χ0n) is 11.4. The van der Waals surface area contributed by atoms with E-state index >= 15 is 0 Å². The minimum absolute atomic E-state index is 0.281. The van der Waals surface area contributed by atoms with E-state index in [9.17, 15) is 0 Å². The maximum atomic E-state index is 5.71. The van der Waals surface area contributed by atoms with Crippen LogP contribution in [0.2, 0.25) is 0 Å². The van der Waals surface area contributed by atoms with Gasteiger partial charge < -0.3 is 19.9 Å². The molecule has 0 unspecified atom stereocenters. The lowest BCUT2D eigenvalue weighted by atomic mass is 9.97. The molecule has 2 aromatic rings. The third-order valence-electron chi connectivity index (χ3n) is 3.41. The fraction of sp³-hybridized carbons (Fsp3) is 0.250. The fourth-order valence-corrected chi connectivity index (χ4v) is 2.39. The van der Waals surface area contributed by atoms with Gasteiger partial charge in [-0.2, -0.15) is 0 Å². The summed E-state index contributed by atoms with van der Waals surface area (Å²) in [6, 6.07) is 12.0. The first-order valence-corrected chi connectivity index (χ1v) is 6.59. The lowest BCUT2D eigenvalue weighted by Crippen LogP contribution is -2.04. The molecule has 2 N–H and O–H groups in total. The Bertz CT molecular complexity index is 608. The molecule has 0 atom stereocenters. The SMILES string of the molecule is COc1ccc(-c2cc3c(cc2CCN)OCO3)cc1. The summed E-state index contributed by atoms with van der Waals surface area (Å²) in [6.45, 7) is 0.881. The Hall–Kier alpha value is -2.20. The number of hydrogen-bond donors (Lipinski definition) is 1. The van der Waals surface area contributed by atoms with Gasteiger partial charge in [0, 0.05) is 0 Å². The van der Waals surface area contributed by atoms with Gasteiger partial charge in [0.25, 0.3) is 0 Å². The number of nitrogens with two attached hydrogens (primary N) is 1. The van der Waals surface area contributed by atoms with Crippen LogP contribution in [0.1, 0.15) is 5.56 Å². The largest absolute Gasteiger partial charge is 0.497 e. The van der Waals surface area contributed by atoms with Crippen molar-refractivity contribution in [3.63, 3.8) is 0 Å². The van der Waals surface area contributed by atoms with E-state index in [1.165, 1.54) is 5.56 Å². The van der Waals surface area contributed by atoms with Gasteiger partial charge in [-0.3, -0.25) is 0 Å². The van der Waals surface area contributed by atoms with Crippen molar-refractivity contribution in [3.05, 3.63) is 42.0 Å². The number of rotatable bonds is 4. The molecule has 4 nitrogen and oxygen atoms in total. The maximum Gasteiger partial charge on any atom is 0.231 e. The number of fused-ring (bicyclic) bond motifs is 1. The van der Waals surface area contributed by atoms with Crippen molar-refractivity contribution in [2.24, 2.45) is 5.73 Å². The lowest BCUT2D eigenvalue weighted by Gasteiger charge is -2.11. The molecule has 1 aliphatic rings. The van der Waals surface area contributed by atoms with Gasteiger partial charge in [0.2, 0.25) is 6.79 Å². The average Bonchev–Trinajstić information content (AvgIpc) is 2.94. The lowest BCUT2D eigenvalue weighted by molar-refractivity contribution is 0.174. The molecule has 0 bridgehead atoms. The Kier molecular flexibility index (Phi) is 3.48. The highest BCUT2D eigenvalue weighted by Crippen LogP contribution is 2.39. The smallest absolute Gasteiger partial charge is 0.231 e. The Morgan fingerprint density at radius 1 is 1.10 bits per heavy atom. The second kappa shape index (κ2) is 5.43. The topological polar surface area (TPSA) is 53.7 Å². The summed E-state index contributed by atoms with van der Waals surface area (Å²) >= 11 is 0. The molecule has 0 aliphatic carbocycles. The summed E-state index contributed by atoms with van der Waals surface area (Å²) in [7, 11) is 1.66. The van der Waals surface area contributed by atoms with Crippen LogP contribution in [0, 0.1) is 0 Å². The molecule has 0 radical (unpaired) electrons. The van der Waals surface area contributed by atoms with Gasteiger partial charge in [-0.05, 0) is 53.9 Å². The number of benzene rings is 2. The molecule has 1 aliphatic heterocycles. The zero-order valence-corrected chi connectivity index (χ0v) is 11.4. The first-order valence-electron chi connectivity index (χ1n) is 6.59. The monoisotopic (exact) mass is 271 g/mol. The predicted molar refractivity (Wildman–Crippen MR) is 77.3 cm³/mol. The van der Waals surface area contributed by atoms with E-state index < -0.39 is 0 Å². The van der Waals surface area contributed by atoms with E-state index in [0.29, 0.717) is 6.54 Å². The van der Waals surface area contributed by atoms with Crippen LogP contribution in [-0.2, 0) is 6.42 Å². The molecular weight excluding hydrogens is 254 g/mol. The molecule has 1 heterocycles. The average molecular weight is 271 g/mol. The maximum absolute atomic E-state index is 5.71. The molecule has 0 saturated heterocycles. The number of hydrogen-bond acceptors (Lipinski definition) is 4. The number of methoxy groups -OCH3 is 1. The summed E-state index contributed by atoms with van der Waals surface area (Å²) in [5, 5.41) is 0. The first-order chi connectivity index (χ1) is 9.81. The first kappa shape index (κ1) is 12.8. The molecule has 0 aromatic heterocycles. The van der Waals surface area contributed by atoms with Crippen molar-refractivity contribution in [2.45, 2.75) is 6.42 Å². The van der Waals surface area contributed by atoms with Gasteiger partial charge in [-0.25, -0.2) is 0 Å². The van der Waals surface area contributed by atoms with Gasteiger partial charge in [-0.15, -0.1) is 0 Å². The zero-order chi connectivity index (χ0) is 13.9. The van der Waals surface area contributed by atoms with Crippen LogP contribution in [0.4, 0.5) is 0 Å². The van der Waals surface area contributed by atoms with Crippen molar-refractivity contribution in [3.8, 4) is 28.4 Å². The van der Waals surface area contributed by atoms with E-state index in [2.05, 4.69) is 0 Å². The quantitative estimate of drug-likeness (QED) is 0.928. The van der Waals surface area contributed by atoms with Crippen LogP contribution in [-0.4, -0.2) is 20.4 Å². The molecule has 3 rings (SSSR count). The van der Waals surface area contributed by atoms with Crippen LogP contribution >= 0.6 is 0 Å². The molecule has 4 heteroatoms. The molecule has 0 fully saturated rings. The second-order valence-electron chi connectivity index (χ2n) is 4.63. The Morgan fingerprint density at radius 3 is 2.45 bits per heavy atom. The number of ether oxygens (including phenoxy) is 3. The van der Waals surface area contributed by atoms with Crippen molar-refractivity contribution in [2.75, 3.05) is 20.4 Å². The van der Waals surface area contributed by atoms with Crippen LogP contribution in [0.25, 0.3) is 11.1 Å². The standard InChI is InChI=1S/C16H17NO3/c1-18-13-4-2-11(3-5-13)14-9-16-15(19-10-20-16)8-12(14)6-7-17/h2-5,8-9H,6-7,10,17H2,1H3. The molecule has 104 valence electrons. The second-order valence-corrected chi connectivity index (χ2v) is 4.63. The summed E-state index contributed by atoms with van der Waals surface area (Å²) < 4.78 is 16.1. The Labute approximate surface area is 118 Å². The van der Waals surface area contributed by atoms with E-state index in [1.807, 2.05) is 36.4 Å². The Morgan fingerprint density at radius 2 is 1.80 bits per heavy atom. The predicted octanol–water partition coefficient (Wildman–Crippen LogP) is 2.59. The van der Waals surface area contributed by atoms with Crippen LogP contribution in [0.15, 0.2) is 36.4 Å². The third kappa shape index (κ3) is 2.30. The molecule has 0 amide bonds. The normalized spacial score (nSPS) is 12.5. The minimum atomic E-state index is 0.281. The van der Waals surface area contributed by atoms with E-state index in [0.717, 1.165) is 34.8 Å². The highest BCUT2D eigenvalue weighted by molar-refractivity contribution is 5.72. The summed E-state index contributed by atoms with van der Waals surface area (Å²) in [6.07, 6.45) is 0.804. The van der Waals surface area contributed by atoms with Crippen molar-refractivity contribution >= 4 is 0 Å². The van der Waals surface area contributed by atoms with Crippen LogP contribution in [0.5, 0.6) is 17.2 Å². The van der Waals surface area contributed by atoms with Gasteiger partial charge in [0.15, 0.2) is 11.5 Å². The summed E-state index contributed by atoms with van der Waals surface area (Å²) in [4.78, 5) is 0. The molecule has 20 heavy (non-hydrogen) atoms. The molecular formula is C16H17NO3. The Balaban J connectivity index is 2.05. The molecule has 0 saturated carbocycles. The third-order valence-corrected chi connectivity index (χ3v) is 3.41. The van der Waals surface area contributed by atoms with Crippen LogP contribution in [0.3, 0.4) is 0 Å². The fourth-order valence-electron chi connectivity index (χ4n) is 2.39. The van der Waals surface area contributed by atoms with Crippen molar-refractivity contribution in [1.82, 2.24) is 0 Å². The highest BCUT2D eigenvalue weighted by atomic mass is 16.7. The van der Waals surface area contributed by atoms with E-state index in [-0.39, 0.29) is 6.79 Å². The summed E-state index contributed by atoms with van der Waals surface area (Å²) in [5.74, 6) is 2.43. The molecule has 2 aromatic carbocycles. The van der Waals surface area contributed by atoms with E-state index in [1.54, 1.807) is 7.11 Å². The van der Waals surface area contributed by atoms with Gasteiger partial charge in [-0.1, -0.05) is 12.1 Å². The van der Waals surface area contributed by atoms with Crippen molar-refractivity contribution < 1.29 is 14.2 Å². The van der Waals surface area contributed by atoms with Gasteiger partial charge >= 0.3 is 0 Å².